The lowest BCUT2D eigenvalue weighted by Gasteiger charge is -2.26. The van der Waals surface area contributed by atoms with E-state index in [1.54, 1.807) is 6.07 Å². The number of ether oxygens (including phenoxy) is 1. The number of rotatable bonds is 6. The Labute approximate surface area is 184 Å². The van der Waals surface area contributed by atoms with Crippen LogP contribution in [0.15, 0.2) is 54.6 Å². The molecular weight excluding hydrogens is 421 g/mol. The van der Waals surface area contributed by atoms with Crippen molar-refractivity contribution in [3.63, 3.8) is 0 Å². The van der Waals surface area contributed by atoms with Gasteiger partial charge in [0.15, 0.2) is 6.29 Å². The molecule has 0 saturated heterocycles. The first-order valence-electron chi connectivity index (χ1n) is 9.96. The van der Waals surface area contributed by atoms with Crippen LogP contribution in [-0.4, -0.2) is 6.29 Å². The van der Waals surface area contributed by atoms with E-state index in [4.69, 9.17) is 4.74 Å². The Balaban J connectivity index is 1.85. The molecule has 3 rings (SSSR count). The third-order valence-corrected chi connectivity index (χ3v) is 5.98. The molecule has 0 saturated carbocycles. The number of carbonyl (C=O) groups is 1. The Morgan fingerprint density at radius 1 is 1.00 bits per heavy atom. The Morgan fingerprint density at radius 2 is 1.68 bits per heavy atom. The van der Waals surface area contributed by atoms with Crippen molar-refractivity contribution in [2.24, 2.45) is 5.41 Å². The van der Waals surface area contributed by atoms with Crippen LogP contribution in [0.2, 0.25) is 0 Å². The van der Waals surface area contributed by atoms with E-state index in [1.165, 1.54) is 23.5 Å². The van der Waals surface area contributed by atoms with E-state index in [0.717, 1.165) is 46.4 Å². The monoisotopic (exact) mass is 446 g/mol. The maximum Gasteiger partial charge on any atom is 0.416 e. The molecule has 2 nitrogen and oxygen atoms in total. The molecule has 1 unspecified atom stereocenters. The number of alkyl halides is 3. The van der Waals surface area contributed by atoms with Gasteiger partial charge >= 0.3 is 6.18 Å². The quantitative estimate of drug-likeness (QED) is 0.358. The highest BCUT2D eigenvalue weighted by Crippen LogP contribution is 2.38. The fraction of sp³-hybridized carbons (Fsp3) is 0.320. The van der Waals surface area contributed by atoms with E-state index in [-0.39, 0.29) is 11.5 Å². The lowest BCUT2D eigenvalue weighted by atomic mass is 9.88. The highest BCUT2D eigenvalue weighted by atomic mass is 32.1. The molecule has 0 amide bonds. The van der Waals surface area contributed by atoms with E-state index in [2.05, 4.69) is 20.8 Å². The number of aryl methyl sites for hydroxylation is 1. The molecule has 0 N–H and O–H groups in total. The summed E-state index contributed by atoms with van der Waals surface area (Å²) in [6.07, 6.45) is -2.94. The van der Waals surface area contributed by atoms with Crippen molar-refractivity contribution in [1.29, 1.82) is 0 Å². The number of hydrogen-bond acceptors (Lipinski definition) is 3. The minimum absolute atomic E-state index is 0.0191. The molecule has 0 spiro atoms. The molecule has 0 bridgehead atoms. The summed E-state index contributed by atoms with van der Waals surface area (Å²) in [5, 5.41) is 0. The fourth-order valence-electron chi connectivity index (χ4n) is 3.40. The van der Waals surface area contributed by atoms with Crippen LogP contribution in [0.4, 0.5) is 13.2 Å². The summed E-state index contributed by atoms with van der Waals surface area (Å²) in [5.74, 6) is 0.684. The predicted octanol–water partition coefficient (Wildman–Crippen LogP) is 8.11. The van der Waals surface area contributed by atoms with Gasteiger partial charge < -0.3 is 4.74 Å². The van der Waals surface area contributed by atoms with Crippen LogP contribution in [0.1, 0.15) is 59.0 Å². The molecule has 3 aromatic rings. The summed E-state index contributed by atoms with van der Waals surface area (Å²) in [6, 6.07) is 14.5. The van der Waals surface area contributed by atoms with E-state index < -0.39 is 11.7 Å². The Kier molecular flexibility index (Phi) is 6.60. The molecule has 164 valence electrons. The number of thiophene rings is 1. The average molecular weight is 447 g/mol. The molecule has 1 aromatic heterocycles. The van der Waals surface area contributed by atoms with Gasteiger partial charge in [0.1, 0.15) is 11.9 Å². The van der Waals surface area contributed by atoms with Crippen molar-refractivity contribution >= 4 is 17.6 Å². The Hall–Kier alpha value is -2.60. The molecule has 1 heterocycles. The highest BCUT2D eigenvalue weighted by Gasteiger charge is 2.30. The van der Waals surface area contributed by atoms with Crippen molar-refractivity contribution in [3.05, 3.63) is 75.5 Å². The Morgan fingerprint density at radius 3 is 2.19 bits per heavy atom. The van der Waals surface area contributed by atoms with Gasteiger partial charge in [-0.05, 0) is 71.8 Å². The molecule has 6 heteroatoms. The topological polar surface area (TPSA) is 26.3 Å². The van der Waals surface area contributed by atoms with Gasteiger partial charge in [0, 0.05) is 4.88 Å². The van der Waals surface area contributed by atoms with E-state index in [0.29, 0.717) is 10.6 Å². The summed E-state index contributed by atoms with van der Waals surface area (Å²) < 4.78 is 44.8. The van der Waals surface area contributed by atoms with E-state index in [9.17, 15) is 18.0 Å². The van der Waals surface area contributed by atoms with Crippen LogP contribution in [-0.2, 0) is 6.18 Å². The van der Waals surface area contributed by atoms with Crippen LogP contribution in [0.3, 0.4) is 0 Å². The number of hydrogen-bond donors (Lipinski definition) is 0. The van der Waals surface area contributed by atoms with Gasteiger partial charge in [0.2, 0.25) is 0 Å². The highest BCUT2D eigenvalue weighted by molar-refractivity contribution is 7.13. The molecular formula is C25H25F3O2S. The zero-order valence-electron chi connectivity index (χ0n) is 17.9. The first-order valence-corrected chi connectivity index (χ1v) is 10.8. The summed E-state index contributed by atoms with van der Waals surface area (Å²) in [5.41, 5.74) is 1.84. The summed E-state index contributed by atoms with van der Waals surface area (Å²) in [4.78, 5) is 12.7. The molecule has 31 heavy (non-hydrogen) atoms. The molecule has 0 fully saturated rings. The molecule has 1 atom stereocenters. The van der Waals surface area contributed by atoms with Crippen molar-refractivity contribution in [1.82, 2.24) is 0 Å². The summed E-state index contributed by atoms with van der Waals surface area (Å²) in [6.45, 7) is 8.32. The van der Waals surface area contributed by atoms with Crippen molar-refractivity contribution in [2.45, 2.75) is 46.4 Å². The zero-order valence-corrected chi connectivity index (χ0v) is 18.7. The summed E-state index contributed by atoms with van der Waals surface area (Å²) >= 11 is 1.42. The zero-order chi connectivity index (χ0) is 22.8. The van der Waals surface area contributed by atoms with E-state index >= 15 is 0 Å². The second-order valence-corrected chi connectivity index (χ2v) is 9.93. The SMILES string of the molecule is Cc1cc(OC(CC(C)(C)C)c2ccc(C=O)s2)ccc1-c1ccc(C(F)(F)F)cc1. The Bertz CT molecular complexity index is 1040. The third-order valence-electron chi connectivity index (χ3n) is 4.88. The summed E-state index contributed by atoms with van der Waals surface area (Å²) in [7, 11) is 0. The predicted molar refractivity (Wildman–Crippen MR) is 119 cm³/mol. The van der Waals surface area contributed by atoms with Gasteiger partial charge in [-0.1, -0.05) is 39.0 Å². The molecule has 0 radical (unpaired) electrons. The smallest absolute Gasteiger partial charge is 0.416 e. The largest absolute Gasteiger partial charge is 0.485 e. The fourth-order valence-corrected chi connectivity index (χ4v) is 4.25. The third kappa shape index (κ3) is 5.97. The lowest BCUT2D eigenvalue weighted by molar-refractivity contribution is -0.137. The van der Waals surface area contributed by atoms with Crippen LogP contribution in [0, 0.1) is 12.3 Å². The van der Waals surface area contributed by atoms with Crippen LogP contribution in [0.25, 0.3) is 11.1 Å². The molecule has 2 aromatic carbocycles. The maximum absolute atomic E-state index is 12.8. The van der Waals surface area contributed by atoms with Gasteiger partial charge in [-0.2, -0.15) is 13.2 Å². The van der Waals surface area contributed by atoms with Crippen LogP contribution in [0.5, 0.6) is 5.75 Å². The van der Waals surface area contributed by atoms with Crippen molar-refractivity contribution < 1.29 is 22.7 Å². The molecule has 0 aliphatic heterocycles. The average Bonchev–Trinajstić information content (AvgIpc) is 3.15. The van der Waals surface area contributed by atoms with Gasteiger partial charge in [-0.3, -0.25) is 4.79 Å². The minimum atomic E-state index is -4.35. The first-order chi connectivity index (χ1) is 14.5. The van der Waals surface area contributed by atoms with E-state index in [1.807, 2.05) is 31.2 Å². The second kappa shape index (κ2) is 8.87. The first kappa shape index (κ1) is 23.1. The van der Waals surface area contributed by atoms with Gasteiger partial charge in [-0.25, -0.2) is 0 Å². The normalized spacial score (nSPS) is 13.1. The minimum Gasteiger partial charge on any atom is -0.485 e. The molecule has 0 aliphatic rings. The lowest BCUT2D eigenvalue weighted by Crippen LogP contribution is -2.16. The van der Waals surface area contributed by atoms with Crippen LogP contribution < -0.4 is 4.74 Å². The standard InChI is InChI=1S/C25H25F3O2S/c1-16-13-19(9-11-21(16)17-5-7-18(8-6-17)25(26,27)28)30-22(14-24(2,3)4)23-12-10-20(15-29)31-23/h5-13,15,22H,14H2,1-4H3. The number of halogens is 3. The van der Waals surface area contributed by atoms with Crippen LogP contribution >= 0.6 is 11.3 Å². The number of benzene rings is 2. The number of aldehydes is 1. The van der Waals surface area contributed by atoms with Gasteiger partial charge in [0.25, 0.3) is 0 Å². The maximum atomic E-state index is 12.8. The molecule has 0 aliphatic carbocycles. The second-order valence-electron chi connectivity index (χ2n) is 8.78. The van der Waals surface area contributed by atoms with Crippen molar-refractivity contribution in [2.75, 3.05) is 0 Å². The van der Waals surface area contributed by atoms with Crippen molar-refractivity contribution in [3.8, 4) is 16.9 Å². The number of carbonyl (C=O) groups excluding carboxylic acids is 1. The van der Waals surface area contributed by atoms with Gasteiger partial charge in [0.05, 0.1) is 10.4 Å². The van der Waals surface area contributed by atoms with Gasteiger partial charge in [-0.15, -0.1) is 11.3 Å².